The monoisotopic (exact) mass is 599 g/mol. The average molecular weight is 600 g/mol. The number of carbonyl (C=O) groups is 1. The Labute approximate surface area is 248 Å². The van der Waals surface area contributed by atoms with Crippen molar-refractivity contribution >= 4 is 11.8 Å². The highest BCUT2D eigenvalue weighted by atomic mass is 19.4. The summed E-state index contributed by atoms with van der Waals surface area (Å²) >= 11 is 0. The molecule has 11 heteroatoms. The number of pyridine rings is 1. The summed E-state index contributed by atoms with van der Waals surface area (Å²) in [5.74, 6) is 1.52. The van der Waals surface area contributed by atoms with Crippen molar-refractivity contribution in [1.29, 1.82) is 0 Å². The van der Waals surface area contributed by atoms with Crippen LogP contribution in [0, 0.1) is 0 Å². The first-order valence-electron chi connectivity index (χ1n) is 15.0. The smallest absolute Gasteiger partial charge is 0.465 e. The number of benzene rings is 1. The SMILES string of the molecule is CCC1CC[C@@H](CCOCc2c(-c3ccccc3OC(F)(F)F)noc2C2CC2)N1c1ncc(C(=O)OC)cc1C1CC1. The molecule has 3 aliphatic rings. The number of hydrogen-bond acceptors (Lipinski definition) is 8. The molecule has 2 aliphatic carbocycles. The number of anilines is 1. The van der Waals surface area contributed by atoms with Gasteiger partial charge in [-0.3, -0.25) is 0 Å². The molecular formula is C32H36F3N3O5. The minimum absolute atomic E-state index is 0.175. The van der Waals surface area contributed by atoms with E-state index in [1.807, 2.05) is 6.07 Å². The Hall–Kier alpha value is -3.60. The van der Waals surface area contributed by atoms with E-state index >= 15 is 0 Å². The molecule has 1 aromatic carbocycles. The number of carbonyl (C=O) groups excluding carboxylic acids is 1. The van der Waals surface area contributed by atoms with Crippen molar-refractivity contribution < 1.29 is 36.7 Å². The summed E-state index contributed by atoms with van der Waals surface area (Å²) in [4.78, 5) is 19.4. The largest absolute Gasteiger partial charge is 0.573 e. The van der Waals surface area contributed by atoms with Crippen LogP contribution in [0.2, 0.25) is 0 Å². The van der Waals surface area contributed by atoms with Crippen molar-refractivity contribution in [3.05, 3.63) is 59.0 Å². The number of ether oxygens (including phenoxy) is 3. The third-order valence-electron chi connectivity index (χ3n) is 8.65. The number of alkyl halides is 3. The van der Waals surface area contributed by atoms with Crippen molar-refractivity contribution in [2.45, 2.75) is 95.2 Å². The molecule has 0 N–H and O–H groups in total. The molecule has 1 saturated heterocycles. The molecule has 2 atom stereocenters. The second-order valence-corrected chi connectivity index (χ2v) is 11.6. The van der Waals surface area contributed by atoms with E-state index in [1.165, 1.54) is 19.2 Å². The van der Waals surface area contributed by atoms with Gasteiger partial charge in [0.05, 0.1) is 19.3 Å². The lowest BCUT2D eigenvalue weighted by molar-refractivity contribution is -0.274. The highest BCUT2D eigenvalue weighted by Gasteiger charge is 2.39. The minimum Gasteiger partial charge on any atom is -0.465 e. The highest BCUT2D eigenvalue weighted by molar-refractivity contribution is 5.89. The van der Waals surface area contributed by atoms with E-state index in [0.717, 1.165) is 62.7 Å². The molecule has 2 saturated carbocycles. The van der Waals surface area contributed by atoms with Gasteiger partial charge in [0.1, 0.15) is 23.0 Å². The third-order valence-corrected chi connectivity index (χ3v) is 8.65. The second kappa shape index (κ2) is 12.2. The molecule has 1 aliphatic heterocycles. The number of hydrogen-bond donors (Lipinski definition) is 0. The Bertz CT molecular complexity index is 1450. The molecule has 230 valence electrons. The fourth-order valence-corrected chi connectivity index (χ4v) is 6.21. The van der Waals surface area contributed by atoms with E-state index in [9.17, 15) is 18.0 Å². The van der Waals surface area contributed by atoms with Crippen LogP contribution in [0.25, 0.3) is 11.3 Å². The number of nitrogens with zero attached hydrogens (tertiary/aromatic N) is 3. The van der Waals surface area contributed by atoms with E-state index in [2.05, 4.69) is 21.7 Å². The van der Waals surface area contributed by atoms with Crippen LogP contribution in [0.1, 0.15) is 97.4 Å². The van der Waals surface area contributed by atoms with Gasteiger partial charge < -0.3 is 23.6 Å². The summed E-state index contributed by atoms with van der Waals surface area (Å²) in [6.07, 6.45) is 4.63. The first-order chi connectivity index (χ1) is 20.8. The number of para-hydroxylation sites is 1. The summed E-state index contributed by atoms with van der Waals surface area (Å²) in [5.41, 5.74) is 2.79. The lowest BCUT2D eigenvalue weighted by atomic mass is 10.0. The van der Waals surface area contributed by atoms with Crippen LogP contribution in [0.15, 0.2) is 41.1 Å². The summed E-state index contributed by atoms with van der Waals surface area (Å²) in [5, 5.41) is 4.17. The zero-order valence-corrected chi connectivity index (χ0v) is 24.4. The van der Waals surface area contributed by atoms with Gasteiger partial charge in [-0.1, -0.05) is 24.2 Å². The molecule has 43 heavy (non-hydrogen) atoms. The topological polar surface area (TPSA) is 86.9 Å². The van der Waals surface area contributed by atoms with Crippen LogP contribution in [0.3, 0.4) is 0 Å². The normalized spacial score (nSPS) is 20.4. The predicted molar refractivity (Wildman–Crippen MR) is 152 cm³/mol. The van der Waals surface area contributed by atoms with Crippen molar-refractivity contribution in [1.82, 2.24) is 10.1 Å². The Morgan fingerprint density at radius 2 is 1.81 bits per heavy atom. The summed E-state index contributed by atoms with van der Waals surface area (Å²) < 4.78 is 60.4. The van der Waals surface area contributed by atoms with Gasteiger partial charge in [0.15, 0.2) is 0 Å². The van der Waals surface area contributed by atoms with E-state index in [1.54, 1.807) is 18.3 Å². The van der Waals surface area contributed by atoms with E-state index in [4.69, 9.17) is 19.0 Å². The quantitative estimate of drug-likeness (QED) is 0.156. The Morgan fingerprint density at radius 3 is 2.51 bits per heavy atom. The van der Waals surface area contributed by atoms with Gasteiger partial charge in [0.2, 0.25) is 0 Å². The molecule has 3 fully saturated rings. The molecule has 0 bridgehead atoms. The standard InChI is InChI=1S/C32H36F3N3O5/c1-3-22-12-13-23(38(22)30-25(19-8-9-19)16-21(17-36-30)31(39)40-2)14-15-41-18-26-28(37-43-29(26)20-10-11-20)24-6-4-5-7-27(24)42-32(33,34)35/h4-7,16-17,19-20,22-23H,3,8-15,18H2,1-2H3/t22?,23-/m0/s1. The molecule has 0 spiro atoms. The number of aromatic nitrogens is 2. The van der Waals surface area contributed by atoms with Crippen molar-refractivity contribution in [2.24, 2.45) is 0 Å². The van der Waals surface area contributed by atoms with Gasteiger partial charge in [-0.15, -0.1) is 13.2 Å². The van der Waals surface area contributed by atoms with Crippen LogP contribution in [0.5, 0.6) is 5.75 Å². The first kappa shape index (κ1) is 29.5. The first-order valence-corrected chi connectivity index (χ1v) is 15.0. The van der Waals surface area contributed by atoms with E-state index < -0.39 is 6.36 Å². The van der Waals surface area contributed by atoms with Crippen molar-refractivity contribution in [3.63, 3.8) is 0 Å². The maximum Gasteiger partial charge on any atom is 0.573 e. The van der Waals surface area contributed by atoms with Gasteiger partial charge in [-0.05, 0) is 81.0 Å². The number of rotatable bonds is 12. The lowest BCUT2D eigenvalue weighted by Gasteiger charge is -2.33. The molecule has 0 radical (unpaired) electrons. The number of halogens is 3. The molecule has 1 unspecified atom stereocenters. The average Bonchev–Trinajstić information content (AvgIpc) is 3.93. The fraction of sp³-hybridized carbons (Fsp3) is 0.531. The van der Waals surface area contributed by atoms with Crippen LogP contribution in [-0.2, 0) is 16.1 Å². The maximum atomic E-state index is 13.1. The Morgan fingerprint density at radius 1 is 1.07 bits per heavy atom. The number of esters is 1. The maximum absolute atomic E-state index is 13.1. The summed E-state index contributed by atoms with van der Waals surface area (Å²) in [6.45, 7) is 2.81. The van der Waals surface area contributed by atoms with Gasteiger partial charge >= 0.3 is 12.3 Å². The summed E-state index contributed by atoms with van der Waals surface area (Å²) in [6, 6.07) is 8.47. The third kappa shape index (κ3) is 6.51. The van der Waals surface area contributed by atoms with E-state index in [-0.39, 0.29) is 35.8 Å². The minimum atomic E-state index is -4.83. The Balaban J connectivity index is 1.18. The molecule has 8 nitrogen and oxygen atoms in total. The second-order valence-electron chi connectivity index (χ2n) is 11.6. The highest BCUT2D eigenvalue weighted by Crippen LogP contribution is 2.47. The zero-order chi connectivity index (χ0) is 30.1. The van der Waals surface area contributed by atoms with Crippen LogP contribution < -0.4 is 9.64 Å². The fourth-order valence-electron chi connectivity index (χ4n) is 6.21. The molecule has 6 rings (SSSR count). The molecule has 3 heterocycles. The molecule has 0 amide bonds. The van der Waals surface area contributed by atoms with Crippen LogP contribution in [0.4, 0.5) is 19.0 Å². The van der Waals surface area contributed by atoms with Gasteiger partial charge in [0, 0.05) is 41.9 Å². The van der Waals surface area contributed by atoms with Gasteiger partial charge in [0.25, 0.3) is 0 Å². The van der Waals surface area contributed by atoms with Gasteiger partial charge in [-0.2, -0.15) is 0 Å². The van der Waals surface area contributed by atoms with Crippen molar-refractivity contribution in [3.8, 4) is 17.0 Å². The van der Waals surface area contributed by atoms with Crippen LogP contribution in [-0.4, -0.2) is 48.3 Å². The van der Waals surface area contributed by atoms with Crippen molar-refractivity contribution in [2.75, 3.05) is 18.6 Å². The molecular weight excluding hydrogens is 563 g/mol. The Kier molecular flexibility index (Phi) is 8.35. The summed E-state index contributed by atoms with van der Waals surface area (Å²) in [7, 11) is 1.38. The lowest BCUT2D eigenvalue weighted by Crippen LogP contribution is -2.38. The van der Waals surface area contributed by atoms with Crippen LogP contribution >= 0.6 is 0 Å². The molecule has 2 aromatic heterocycles. The zero-order valence-electron chi connectivity index (χ0n) is 24.4. The predicted octanol–water partition coefficient (Wildman–Crippen LogP) is 7.53. The van der Waals surface area contributed by atoms with Gasteiger partial charge in [-0.25, -0.2) is 9.78 Å². The number of methoxy groups -OCH3 is 1. The van der Waals surface area contributed by atoms with E-state index in [0.29, 0.717) is 41.1 Å². The molecule has 3 aromatic rings.